The molecule has 2 amide bonds. The van der Waals surface area contributed by atoms with Crippen molar-refractivity contribution in [2.75, 3.05) is 13.1 Å². The molecule has 10 heteroatoms. The van der Waals surface area contributed by atoms with Gasteiger partial charge in [-0.2, -0.15) is 10.4 Å². The third kappa shape index (κ3) is 4.82. The lowest BCUT2D eigenvalue weighted by atomic mass is 10.1. The number of amides is 2. The van der Waals surface area contributed by atoms with Crippen molar-refractivity contribution in [2.45, 2.75) is 18.4 Å². The lowest BCUT2D eigenvalue weighted by Gasteiger charge is -2.19. The summed E-state index contributed by atoms with van der Waals surface area (Å²) in [6.45, 7) is -1.31. The molecule has 0 aliphatic carbocycles. The van der Waals surface area contributed by atoms with Crippen LogP contribution in [0.25, 0.3) is 12.2 Å². The molecule has 3 rings (SSSR count). The van der Waals surface area contributed by atoms with Crippen molar-refractivity contribution in [3.05, 3.63) is 47.5 Å². The first-order valence-electron chi connectivity index (χ1n) is 8.75. The first-order chi connectivity index (χ1) is 13.8. The molecule has 29 heavy (non-hydrogen) atoms. The summed E-state index contributed by atoms with van der Waals surface area (Å²) < 4.78 is 28.6. The number of alkyl halides is 2. The molecule has 1 unspecified atom stereocenters. The van der Waals surface area contributed by atoms with Crippen LogP contribution in [0.1, 0.15) is 27.9 Å². The molecule has 1 saturated heterocycles. The molecular formula is C19H18F2N6O2. The van der Waals surface area contributed by atoms with Crippen LogP contribution in [0.2, 0.25) is 0 Å². The van der Waals surface area contributed by atoms with E-state index in [9.17, 15) is 18.4 Å². The van der Waals surface area contributed by atoms with E-state index in [0.29, 0.717) is 5.56 Å². The van der Waals surface area contributed by atoms with Gasteiger partial charge in [0.15, 0.2) is 0 Å². The Bertz CT molecular complexity index is 995. The number of nitriles is 1. The van der Waals surface area contributed by atoms with Crippen molar-refractivity contribution in [3.63, 3.8) is 0 Å². The van der Waals surface area contributed by atoms with Gasteiger partial charge < -0.3 is 10.2 Å². The van der Waals surface area contributed by atoms with Crippen LogP contribution in [0.15, 0.2) is 30.9 Å². The summed E-state index contributed by atoms with van der Waals surface area (Å²) in [5, 5.41) is 15.5. The molecule has 1 fully saturated rings. The Kier molecular flexibility index (Phi) is 5.68. The smallest absolute Gasteiger partial charge is 0.268 e. The fourth-order valence-corrected chi connectivity index (χ4v) is 3.01. The Morgan fingerprint density at radius 2 is 2.21 bits per heavy atom. The Morgan fingerprint density at radius 1 is 1.41 bits per heavy atom. The summed E-state index contributed by atoms with van der Waals surface area (Å²) in [6, 6.07) is 1.99. The predicted molar refractivity (Wildman–Crippen MR) is 99.4 cm³/mol. The molecule has 1 atom stereocenters. The molecule has 1 N–H and O–H groups in total. The van der Waals surface area contributed by atoms with E-state index in [2.05, 4.69) is 15.4 Å². The van der Waals surface area contributed by atoms with Gasteiger partial charge in [-0.1, -0.05) is 12.2 Å². The zero-order chi connectivity index (χ0) is 21.0. The summed E-state index contributed by atoms with van der Waals surface area (Å²) in [7, 11) is 1.78. The van der Waals surface area contributed by atoms with Crippen LogP contribution in [0, 0.1) is 11.3 Å². The van der Waals surface area contributed by atoms with E-state index in [1.807, 2.05) is 0 Å². The van der Waals surface area contributed by atoms with Gasteiger partial charge in [-0.05, 0) is 6.07 Å². The highest BCUT2D eigenvalue weighted by Crippen LogP contribution is 2.31. The zero-order valence-corrected chi connectivity index (χ0v) is 15.5. The molecule has 150 valence electrons. The number of likely N-dealkylation sites (tertiary alicyclic amines) is 1. The minimum Gasteiger partial charge on any atom is -0.343 e. The minimum atomic E-state index is -3.10. The quantitative estimate of drug-likeness (QED) is 0.819. The topological polar surface area (TPSA) is 104 Å². The largest absolute Gasteiger partial charge is 0.343 e. The molecule has 1 aliphatic rings. The fraction of sp³-hybridized carbons (Fsp3) is 0.316. The molecule has 2 aromatic heterocycles. The van der Waals surface area contributed by atoms with Gasteiger partial charge in [0.25, 0.3) is 11.8 Å². The summed E-state index contributed by atoms with van der Waals surface area (Å²) in [6.07, 6.45) is 9.13. The molecule has 3 heterocycles. The van der Waals surface area contributed by atoms with E-state index in [-0.39, 0.29) is 5.56 Å². The number of nitrogens with zero attached hydrogens (tertiary/aromatic N) is 5. The van der Waals surface area contributed by atoms with Crippen LogP contribution in [-0.2, 0) is 11.8 Å². The second kappa shape index (κ2) is 8.18. The molecule has 0 aromatic carbocycles. The van der Waals surface area contributed by atoms with Gasteiger partial charge in [0.05, 0.1) is 25.4 Å². The SMILES string of the molecule is Cn1cc(/C=C/c2cnccc2C(=O)NCC(=O)N2CC(F)(F)CC2C#N)cn1. The number of pyridine rings is 1. The standard InChI is InChI=1S/C19H18F2N6O2/c1-26-11-13(8-25-26)2-3-14-9-23-5-4-16(14)18(29)24-10-17(28)27-12-19(20,21)6-15(27)7-22/h2-5,8-9,11,15H,6,10,12H2,1H3,(H,24,29)/b3-2+. The third-order valence-electron chi connectivity index (χ3n) is 4.42. The predicted octanol–water partition coefficient (Wildman–Crippen LogP) is 1.48. The van der Waals surface area contributed by atoms with Crippen molar-refractivity contribution in [1.82, 2.24) is 25.0 Å². The number of halogens is 2. The van der Waals surface area contributed by atoms with Crippen molar-refractivity contribution < 1.29 is 18.4 Å². The van der Waals surface area contributed by atoms with Crippen LogP contribution in [0.3, 0.4) is 0 Å². The molecule has 2 aromatic rings. The van der Waals surface area contributed by atoms with E-state index >= 15 is 0 Å². The lowest BCUT2D eigenvalue weighted by Crippen LogP contribution is -2.43. The van der Waals surface area contributed by atoms with Gasteiger partial charge in [-0.25, -0.2) is 8.78 Å². The van der Waals surface area contributed by atoms with Gasteiger partial charge in [0, 0.05) is 48.7 Å². The number of hydrogen-bond acceptors (Lipinski definition) is 5. The first-order valence-corrected chi connectivity index (χ1v) is 8.75. The molecule has 0 saturated carbocycles. The van der Waals surface area contributed by atoms with Crippen LogP contribution >= 0.6 is 0 Å². The van der Waals surface area contributed by atoms with Crippen LogP contribution in [0.5, 0.6) is 0 Å². The average Bonchev–Trinajstić information content (AvgIpc) is 3.26. The second-order valence-electron chi connectivity index (χ2n) is 6.65. The molecule has 0 spiro atoms. The van der Waals surface area contributed by atoms with Crippen molar-refractivity contribution in [2.24, 2.45) is 7.05 Å². The number of aromatic nitrogens is 3. The maximum atomic E-state index is 13.5. The highest BCUT2D eigenvalue weighted by molar-refractivity contribution is 6.00. The highest BCUT2D eigenvalue weighted by atomic mass is 19.3. The van der Waals surface area contributed by atoms with Crippen molar-refractivity contribution in [3.8, 4) is 6.07 Å². The van der Waals surface area contributed by atoms with Gasteiger partial charge >= 0.3 is 0 Å². The van der Waals surface area contributed by atoms with Crippen LogP contribution < -0.4 is 5.32 Å². The Balaban J connectivity index is 1.66. The Labute approximate surface area is 165 Å². The Hall–Kier alpha value is -3.61. The summed E-state index contributed by atoms with van der Waals surface area (Å²) >= 11 is 0. The van der Waals surface area contributed by atoms with E-state index < -0.39 is 43.3 Å². The highest BCUT2D eigenvalue weighted by Gasteiger charge is 2.47. The van der Waals surface area contributed by atoms with Crippen molar-refractivity contribution >= 4 is 24.0 Å². The zero-order valence-electron chi connectivity index (χ0n) is 15.5. The van der Waals surface area contributed by atoms with Crippen LogP contribution in [0.4, 0.5) is 8.78 Å². The van der Waals surface area contributed by atoms with Crippen LogP contribution in [-0.4, -0.2) is 56.5 Å². The maximum Gasteiger partial charge on any atom is 0.268 e. The van der Waals surface area contributed by atoms with Crippen molar-refractivity contribution in [1.29, 1.82) is 5.26 Å². The number of hydrogen-bond donors (Lipinski definition) is 1. The fourth-order valence-electron chi connectivity index (χ4n) is 3.01. The summed E-state index contributed by atoms with van der Waals surface area (Å²) in [4.78, 5) is 29.5. The normalized spacial score (nSPS) is 18.0. The second-order valence-corrected chi connectivity index (χ2v) is 6.65. The van der Waals surface area contributed by atoms with E-state index in [0.717, 1.165) is 10.5 Å². The molecule has 8 nitrogen and oxygen atoms in total. The number of carbonyl (C=O) groups is 2. The van der Waals surface area contributed by atoms with E-state index in [4.69, 9.17) is 5.26 Å². The molecule has 0 radical (unpaired) electrons. The lowest BCUT2D eigenvalue weighted by molar-refractivity contribution is -0.131. The average molecular weight is 400 g/mol. The first kappa shape index (κ1) is 20.1. The van der Waals surface area contributed by atoms with E-state index in [1.54, 1.807) is 42.3 Å². The molecule has 0 bridgehead atoms. The third-order valence-corrected chi connectivity index (χ3v) is 4.42. The van der Waals surface area contributed by atoms with E-state index in [1.165, 1.54) is 18.5 Å². The minimum absolute atomic E-state index is 0.275. The summed E-state index contributed by atoms with van der Waals surface area (Å²) in [5.41, 5.74) is 1.62. The number of carbonyl (C=O) groups excluding carboxylic acids is 2. The maximum absolute atomic E-state index is 13.5. The summed E-state index contributed by atoms with van der Waals surface area (Å²) in [5.74, 6) is -4.38. The van der Waals surface area contributed by atoms with Gasteiger partial charge in [-0.15, -0.1) is 0 Å². The Morgan fingerprint density at radius 3 is 2.90 bits per heavy atom. The molecule has 1 aliphatic heterocycles. The monoisotopic (exact) mass is 400 g/mol. The van der Waals surface area contributed by atoms with Gasteiger partial charge in [0.1, 0.15) is 6.04 Å². The number of aryl methyl sites for hydroxylation is 1. The molecular weight excluding hydrogens is 382 g/mol. The number of rotatable bonds is 5. The van der Waals surface area contributed by atoms with Gasteiger partial charge in [0.2, 0.25) is 5.91 Å². The van der Waals surface area contributed by atoms with Gasteiger partial charge in [-0.3, -0.25) is 19.3 Å². The number of nitrogens with one attached hydrogen (secondary N) is 1.